The quantitative estimate of drug-likeness (QED) is 0.798. The van der Waals surface area contributed by atoms with Gasteiger partial charge in [-0.15, -0.1) is 12.4 Å². The maximum atomic E-state index is 5.75. The number of likely N-dealkylation sites (tertiary alicyclic amines) is 1. The summed E-state index contributed by atoms with van der Waals surface area (Å²) in [4.78, 5) is 5.22. The van der Waals surface area contributed by atoms with Crippen molar-refractivity contribution in [1.82, 2.24) is 15.1 Å². The fourth-order valence-corrected chi connectivity index (χ4v) is 3.75. The molecule has 1 aromatic rings. The van der Waals surface area contributed by atoms with Crippen LogP contribution >= 0.6 is 12.4 Å². The van der Waals surface area contributed by atoms with E-state index in [0.717, 1.165) is 37.2 Å². The molecule has 25 heavy (non-hydrogen) atoms. The molecule has 0 aromatic heterocycles. The molecule has 0 amide bonds. The molecule has 1 atom stereocenters. The van der Waals surface area contributed by atoms with Gasteiger partial charge in [0.25, 0.3) is 0 Å². The zero-order chi connectivity index (χ0) is 16.8. The first-order chi connectivity index (χ1) is 11.8. The summed E-state index contributed by atoms with van der Waals surface area (Å²) >= 11 is 0. The Morgan fingerprint density at radius 3 is 2.48 bits per heavy atom. The number of halogens is 1. The Morgan fingerprint density at radius 2 is 1.76 bits per heavy atom. The molecular weight excluding hydrogens is 338 g/mol. The van der Waals surface area contributed by atoms with Crippen LogP contribution in [0.5, 0.6) is 11.5 Å². The van der Waals surface area contributed by atoms with Crippen LogP contribution in [-0.4, -0.2) is 68.3 Å². The van der Waals surface area contributed by atoms with Gasteiger partial charge in [0.1, 0.15) is 0 Å². The molecule has 2 fully saturated rings. The van der Waals surface area contributed by atoms with E-state index in [2.05, 4.69) is 27.2 Å². The van der Waals surface area contributed by atoms with Crippen LogP contribution in [-0.2, 0) is 6.54 Å². The monoisotopic (exact) mass is 369 g/mol. The molecule has 0 bridgehead atoms. The van der Waals surface area contributed by atoms with E-state index in [1.807, 2.05) is 19.9 Å². The van der Waals surface area contributed by atoms with Crippen LogP contribution in [0.15, 0.2) is 18.2 Å². The van der Waals surface area contributed by atoms with E-state index in [1.54, 1.807) is 0 Å². The van der Waals surface area contributed by atoms with Crippen molar-refractivity contribution in [3.05, 3.63) is 23.8 Å². The molecule has 0 radical (unpaired) electrons. The van der Waals surface area contributed by atoms with Gasteiger partial charge in [-0.2, -0.15) is 0 Å². The molecule has 0 aliphatic carbocycles. The zero-order valence-electron chi connectivity index (χ0n) is 15.5. The first-order valence-corrected chi connectivity index (χ1v) is 9.35. The van der Waals surface area contributed by atoms with E-state index < -0.39 is 0 Å². The molecule has 5 nitrogen and oxygen atoms in total. The standard InChI is InChI=1S/C19H31N3O2.ClH/c1-3-23-18-6-5-16(13-19(18)24-4-2)14-21-10-7-17(15-21)22-11-8-20-9-12-22;/h5-6,13,17,20H,3-4,7-12,14-15H2,1-2H3;1H. The van der Waals surface area contributed by atoms with E-state index in [1.165, 1.54) is 38.2 Å². The molecule has 1 N–H and O–H groups in total. The number of nitrogens with zero attached hydrogens (tertiary/aromatic N) is 2. The van der Waals surface area contributed by atoms with Crippen LogP contribution in [0.1, 0.15) is 25.8 Å². The second-order valence-corrected chi connectivity index (χ2v) is 6.61. The van der Waals surface area contributed by atoms with Gasteiger partial charge in [-0.25, -0.2) is 0 Å². The lowest BCUT2D eigenvalue weighted by Crippen LogP contribution is -2.49. The number of ether oxygens (including phenoxy) is 2. The van der Waals surface area contributed by atoms with E-state index in [4.69, 9.17) is 9.47 Å². The van der Waals surface area contributed by atoms with Crippen molar-refractivity contribution >= 4 is 12.4 Å². The first kappa shape index (κ1) is 20.3. The van der Waals surface area contributed by atoms with Crippen LogP contribution in [0.2, 0.25) is 0 Å². The van der Waals surface area contributed by atoms with E-state index in [-0.39, 0.29) is 12.4 Å². The summed E-state index contributed by atoms with van der Waals surface area (Å²) in [5.41, 5.74) is 1.31. The maximum absolute atomic E-state index is 5.75. The first-order valence-electron chi connectivity index (χ1n) is 9.35. The Hall–Kier alpha value is -1.01. The van der Waals surface area contributed by atoms with E-state index in [9.17, 15) is 0 Å². The van der Waals surface area contributed by atoms with Crippen molar-refractivity contribution < 1.29 is 9.47 Å². The lowest BCUT2D eigenvalue weighted by Gasteiger charge is -2.32. The summed E-state index contributed by atoms with van der Waals surface area (Å²) in [6.45, 7) is 13.4. The highest BCUT2D eigenvalue weighted by Crippen LogP contribution is 2.29. The van der Waals surface area contributed by atoms with Gasteiger partial charge in [0, 0.05) is 51.9 Å². The Labute approximate surface area is 158 Å². The zero-order valence-corrected chi connectivity index (χ0v) is 16.3. The molecule has 6 heteroatoms. The van der Waals surface area contributed by atoms with Crippen molar-refractivity contribution in [2.75, 3.05) is 52.5 Å². The van der Waals surface area contributed by atoms with Crippen LogP contribution in [0.4, 0.5) is 0 Å². The van der Waals surface area contributed by atoms with Crippen molar-refractivity contribution in [2.45, 2.75) is 32.9 Å². The van der Waals surface area contributed by atoms with Crippen LogP contribution in [0.25, 0.3) is 0 Å². The number of piperazine rings is 1. The Morgan fingerprint density at radius 1 is 1.04 bits per heavy atom. The van der Waals surface area contributed by atoms with Crippen LogP contribution in [0.3, 0.4) is 0 Å². The van der Waals surface area contributed by atoms with Gasteiger partial charge < -0.3 is 14.8 Å². The van der Waals surface area contributed by atoms with E-state index >= 15 is 0 Å². The second kappa shape index (κ2) is 10.2. The Balaban J connectivity index is 0.00000225. The van der Waals surface area contributed by atoms with E-state index in [0.29, 0.717) is 13.2 Å². The smallest absolute Gasteiger partial charge is 0.161 e. The normalized spacial score (nSPS) is 21.8. The largest absolute Gasteiger partial charge is 0.490 e. The molecule has 1 unspecified atom stereocenters. The fraction of sp³-hybridized carbons (Fsp3) is 0.684. The number of hydrogen-bond acceptors (Lipinski definition) is 5. The molecule has 3 rings (SSSR count). The molecule has 2 saturated heterocycles. The second-order valence-electron chi connectivity index (χ2n) is 6.61. The van der Waals surface area contributed by atoms with Crippen molar-refractivity contribution in [1.29, 1.82) is 0 Å². The number of hydrogen-bond donors (Lipinski definition) is 1. The molecule has 2 heterocycles. The molecule has 2 aliphatic heterocycles. The predicted molar refractivity (Wildman–Crippen MR) is 104 cm³/mol. The van der Waals surface area contributed by atoms with Gasteiger partial charge in [-0.3, -0.25) is 9.80 Å². The maximum Gasteiger partial charge on any atom is 0.161 e. The van der Waals surface area contributed by atoms with Gasteiger partial charge in [-0.05, 0) is 38.0 Å². The third kappa shape index (κ3) is 5.48. The van der Waals surface area contributed by atoms with Crippen molar-refractivity contribution in [3.63, 3.8) is 0 Å². The van der Waals surface area contributed by atoms with Gasteiger partial charge >= 0.3 is 0 Å². The summed E-state index contributed by atoms with van der Waals surface area (Å²) in [5.74, 6) is 1.72. The van der Waals surface area contributed by atoms with Crippen LogP contribution < -0.4 is 14.8 Å². The van der Waals surface area contributed by atoms with Gasteiger partial charge in [0.2, 0.25) is 0 Å². The van der Waals surface area contributed by atoms with Gasteiger partial charge in [-0.1, -0.05) is 6.07 Å². The molecule has 2 aliphatic rings. The summed E-state index contributed by atoms with van der Waals surface area (Å²) in [6.07, 6.45) is 1.29. The fourth-order valence-electron chi connectivity index (χ4n) is 3.75. The third-order valence-electron chi connectivity index (χ3n) is 4.93. The number of rotatable bonds is 7. The topological polar surface area (TPSA) is 37.0 Å². The highest BCUT2D eigenvalue weighted by Gasteiger charge is 2.28. The highest BCUT2D eigenvalue weighted by molar-refractivity contribution is 5.85. The summed E-state index contributed by atoms with van der Waals surface area (Å²) in [6, 6.07) is 7.09. The summed E-state index contributed by atoms with van der Waals surface area (Å²) < 4.78 is 11.4. The van der Waals surface area contributed by atoms with Gasteiger partial charge in [0.15, 0.2) is 11.5 Å². The molecule has 142 valence electrons. The minimum absolute atomic E-state index is 0. The summed E-state index contributed by atoms with van der Waals surface area (Å²) in [7, 11) is 0. The third-order valence-corrected chi connectivity index (χ3v) is 4.93. The Bertz CT molecular complexity index is 523. The van der Waals surface area contributed by atoms with Gasteiger partial charge in [0.05, 0.1) is 13.2 Å². The average Bonchev–Trinajstić information content (AvgIpc) is 3.07. The minimum atomic E-state index is 0. The van der Waals surface area contributed by atoms with Crippen molar-refractivity contribution in [3.8, 4) is 11.5 Å². The number of benzene rings is 1. The van der Waals surface area contributed by atoms with Crippen molar-refractivity contribution in [2.24, 2.45) is 0 Å². The molecule has 1 aromatic carbocycles. The Kier molecular flexibility index (Phi) is 8.30. The lowest BCUT2D eigenvalue weighted by atomic mass is 10.2. The number of nitrogens with one attached hydrogen (secondary N) is 1. The highest BCUT2D eigenvalue weighted by atomic mass is 35.5. The molecular formula is C19H32ClN3O2. The molecule has 0 saturated carbocycles. The molecule has 0 spiro atoms. The summed E-state index contributed by atoms with van der Waals surface area (Å²) in [5, 5.41) is 3.44. The lowest BCUT2D eigenvalue weighted by molar-refractivity contribution is 0.170. The predicted octanol–water partition coefficient (Wildman–Crippen LogP) is 2.39. The SMILES string of the molecule is CCOc1ccc(CN2CCC(N3CCNCC3)C2)cc1OCC.Cl. The average molecular weight is 370 g/mol. The van der Waals surface area contributed by atoms with Crippen LogP contribution in [0, 0.1) is 0 Å². The minimum Gasteiger partial charge on any atom is -0.490 e.